The van der Waals surface area contributed by atoms with E-state index < -0.39 is 5.60 Å². The summed E-state index contributed by atoms with van der Waals surface area (Å²) < 4.78 is 5.42. The summed E-state index contributed by atoms with van der Waals surface area (Å²) in [7, 11) is 0. The van der Waals surface area contributed by atoms with Crippen molar-refractivity contribution in [3.63, 3.8) is 0 Å². The molecule has 1 aliphatic heterocycles. The fourth-order valence-corrected chi connectivity index (χ4v) is 3.25. The Kier molecular flexibility index (Phi) is 8.19. The molecule has 1 unspecified atom stereocenters. The lowest BCUT2D eigenvalue weighted by Gasteiger charge is -2.34. The van der Waals surface area contributed by atoms with Crippen molar-refractivity contribution in [2.24, 2.45) is 5.92 Å². The highest BCUT2D eigenvalue weighted by molar-refractivity contribution is 5.80. The van der Waals surface area contributed by atoms with Crippen LogP contribution in [-0.4, -0.2) is 65.7 Å². The smallest absolute Gasteiger partial charge is 0.410 e. The maximum Gasteiger partial charge on any atom is 0.410 e. The first kappa shape index (κ1) is 21.7. The van der Waals surface area contributed by atoms with Crippen LogP contribution < -0.4 is 5.32 Å². The molecule has 0 aromatic carbocycles. The first-order valence-electron chi connectivity index (χ1n) is 9.52. The number of nitrogens with zero attached hydrogens (tertiary/aromatic N) is 2. The van der Waals surface area contributed by atoms with Crippen LogP contribution in [0.1, 0.15) is 61.3 Å². The zero-order valence-electron chi connectivity index (χ0n) is 17.1. The zero-order chi connectivity index (χ0) is 19.2. The molecule has 1 saturated heterocycles. The molecule has 0 aliphatic carbocycles. The molecule has 146 valence electrons. The number of piperidine rings is 1. The lowest BCUT2D eigenvalue weighted by molar-refractivity contribution is -0.126. The summed E-state index contributed by atoms with van der Waals surface area (Å²) in [6.45, 7) is 16.8. The molecule has 1 heterocycles. The van der Waals surface area contributed by atoms with Crippen molar-refractivity contribution in [2.45, 2.75) is 79.0 Å². The maximum absolute atomic E-state index is 12.5. The minimum absolute atomic E-state index is 0.0423. The molecule has 1 aliphatic rings. The van der Waals surface area contributed by atoms with Gasteiger partial charge in [0.2, 0.25) is 5.91 Å². The molecule has 2 amide bonds. The second-order valence-electron chi connectivity index (χ2n) is 8.48. The number of likely N-dealkylation sites (tertiary alicyclic amines) is 1. The highest BCUT2D eigenvalue weighted by Gasteiger charge is 2.30. The van der Waals surface area contributed by atoms with Gasteiger partial charge in [-0.2, -0.15) is 0 Å². The Bertz CT molecular complexity index is 436. The van der Waals surface area contributed by atoms with Gasteiger partial charge < -0.3 is 15.0 Å². The van der Waals surface area contributed by atoms with Crippen molar-refractivity contribution in [3.8, 4) is 0 Å². The van der Waals surface area contributed by atoms with Crippen LogP contribution in [0.4, 0.5) is 4.79 Å². The van der Waals surface area contributed by atoms with Gasteiger partial charge in [0.1, 0.15) is 5.60 Å². The third-order valence-electron chi connectivity index (χ3n) is 4.44. The molecule has 25 heavy (non-hydrogen) atoms. The van der Waals surface area contributed by atoms with Crippen molar-refractivity contribution in [1.29, 1.82) is 0 Å². The van der Waals surface area contributed by atoms with E-state index >= 15 is 0 Å². The average Bonchev–Trinajstić information content (AvgIpc) is 2.49. The van der Waals surface area contributed by atoms with Crippen LogP contribution in [0.2, 0.25) is 0 Å². The predicted molar refractivity (Wildman–Crippen MR) is 101 cm³/mol. The van der Waals surface area contributed by atoms with Gasteiger partial charge in [-0.15, -0.1) is 0 Å². The second-order valence-corrected chi connectivity index (χ2v) is 8.48. The Morgan fingerprint density at radius 2 is 1.80 bits per heavy atom. The van der Waals surface area contributed by atoms with E-state index in [9.17, 15) is 9.59 Å². The molecule has 6 heteroatoms. The van der Waals surface area contributed by atoms with Gasteiger partial charge >= 0.3 is 6.09 Å². The van der Waals surface area contributed by atoms with E-state index in [1.165, 1.54) is 0 Å². The minimum atomic E-state index is -0.510. The molecule has 1 atom stereocenters. The molecule has 0 spiro atoms. The maximum atomic E-state index is 12.5. The highest BCUT2D eigenvalue weighted by Crippen LogP contribution is 2.19. The van der Waals surface area contributed by atoms with Gasteiger partial charge in [0.15, 0.2) is 0 Å². The molecule has 1 N–H and O–H groups in total. The topological polar surface area (TPSA) is 61.9 Å². The van der Waals surface area contributed by atoms with Gasteiger partial charge in [-0.1, -0.05) is 0 Å². The van der Waals surface area contributed by atoms with Gasteiger partial charge in [0.25, 0.3) is 0 Å². The first-order chi connectivity index (χ1) is 11.5. The molecule has 0 bridgehead atoms. The average molecular weight is 356 g/mol. The SMILES string of the molecule is CC(C)N(CCNC(=O)C1CCCN(C(=O)OC(C)(C)C)C1)C(C)C. The van der Waals surface area contributed by atoms with Crippen molar-refractivity contribution in [2.75, 3.05) is 26.2 Å². The standard InChI is InChI=1S/C19H37N3O3/c1-14(2)22(15(3)4)12-10-20-17(23)16-9-8-11-21(13-16)18(24)25-19(5,6)7/h14-16H,8-13H2,1-7H3,(H,20,23). The van der Waals surface area contributed by atoms with Gasteiger partial charge in [-0.25, -0.2) is 4.79 Å². The van der Waals surface area contributed by atoms with Crippen molar-refractivity contribution in [3.05, 3.63) is 0 Å². The van der Waals surface area contributed by atoms with E-state index in [1.807, 2.05) is 20.8 Å². The van der Waals surface area contributed by atoms with Crippen LogP contribution in [0, 0.1) is 5.92 Å². The predicted octanol–water partition coefficient (Wildman–Crippen LogP) is 2.87. The normalized spacial score (nSPS) is 18.8. The Hall–Kier alpha value is -1.30. The fraction of sp³-hybridized carbons (Fsp3) is 0.895. The second kappa shape index (κ2) is 9.41. The monoisotopic (exact) mass is 355 g/mol. The summed E-state index contributed by atoms with van der Waals surface area (Å²) in [5.41, 5.74) is -0.510. The van der Waals surface area contributed by atoms with E-state index in [-0.39, 0.29) is 17.9 Å². The quantitative estimate of drug-likeness (QED) is 0.796. The van der Waals surface area contributed by atoms with E-state index in [4.69, 9.17) is 4.74 Å². The van der Waals surface area contributed by atoms with Crippen LogP contribution in [0.15, 0.2) is 0 Å². The lowest BCUT2D eigenvalue weighted by Crippen LogP contribution is -2.48. The number of carbonyl (C=O) groups is 2. The van der Waals surface area contributed by atoms with E-state index in [1.54, 1.807) is 4.90 Å². The minimum Gasteiger partial charge on any atom is -0.444 e. The molecule has 0 aromatic heterocycles. The zero-order valence-corrected chi connectivity index (χ0v) is 17.1. The summed E-state index contributed by atoms with van der Waals surface area (Å²) in [4.78, 5) is 28.7. The molecule has 0 saturated carbocycles. The lowest BCUT2D eigenvalue weighted by atomic mass is 9.97. The summed E-state index contributed by atoms with van der Waals surface area (Å²) in [5, 5.41) is 3.04. The van der Waals surface area contributed by atoms with Gasteiger partial charge in [-0.3, -0.25) is 9.69 Å². The van der Waals surface area contributed by atoms with E-state index in [0.29, 0.717) is 31.7 Å². The third kappa shape index (κ3) is 7.63. The van der Waals surface area contributed by atoms with Gasteiger partial charge in [0.05, 0.1) is 5.92 Å². The number of hydrogen-bond donors (Lipinski definition) is 1. The van der Waals surface area contributed by atoms with Crippen LogP contribution in [0.3, 0.4) is 0 Å². The van der Waals surface area contributed by atoms with Crippen LogP contribution in [-0.2, 0) is 9.53 Å². The van der Waals surface area contributed by atoms with Crippen molar-refractivity contribution < 1.29 is 14.3 Å². The number of ether oxygens (including phenoxy) is 1. The summed E-state index contributed by atoms with van der Waals surface area (Å²) >= 11 is 0. The van der Waals surface area contributed by atoms with Crippen molar-refractivity contribution in [1.82, 2.24) is 15.1 Å². The number of carbonyl (C=O) groups excluding carboxylic acids is 2. The largest absolute Gasteiger partial charge is 0.444 e. The van der Waals surface area contributed by atoms with Gasteiger partial charge in [-0.05, 0) is 61.3 Å². The summed E-state index contributed by atoms with van der Waals surface area (Å²) in [6, 6.07) is 0.906. The molecule has 1 fully saturated rings. The van der Waals surface area contributed by atoms with E-state index in [2.05, 4.69) is 37.9 Å². The van der Waals surface area contributed by atoms with Crippen LogP contribution in [0.5, 0.6) is 0 Å². The summed E-state index contributed by atoms with van der Waals surface area (Å²) in [6.07, 6.45) is 1.33. The number of hydrogen-bond acceptors (Lipinski definition) is 4. The molecule has 0 radical (unpaired) electrons. The van der Waals surface area contributed by atoms with Gasteiger partial charge in [0, 0.05) is 38.3 Å². The van der Waals surface area contributed by atoms with Crippen LogP contribution >= 0.6 is 0 Å². The summed E-state index contributed by atoms with van der Waals surface area (Å²) in [5.74, 6) is -0.103. The number of rotatable bonds is 6. The Morgan fingerprint density at radius 3 is 2.32 bits per heavy atom. The number of amides is 2. The molecular formula is C19H37N3O3. The first-order valence-corrected chi connectivity index (χ1v) is 9.52. The Morgan fingerprint density at radius 1 is 1.20 bits per heavy atom. The number of nitrogens with one attached hydrogen (secondary N) is 1. The Labute approximate surface area is 153 Å². The Balaban J connectivity index is 2.46. The molecule has 0 aromatic rings. The molecule has 6 nitrogen and oxygen atoms in total. The molecular weight excluding hydrogens is 318 g/mol. The highest BCUT2D eigenvalue weighted by atomic mass is 16.6. The van der Waals surface area contributed by atoms with Crippen LogP contribution in [0.25, 0.3) is 0 Å². The van der Waals surface area contributed by atoms with E-state index in [0.717, 1.165) is 19.4 Å². The third-order valence-corrected chi connectivity index (χ3v) is 4.44. The molecule has 1 rings (SSSR count). The van der Waals surface area contributed by atoms with Crippen molar-refractivity contribution >= 4 is 12.0 Å². The fourth-order valence-electron chi connectivity index (χ4n) is 3.25.